The third-order valence-corrected chi connectivity index (χ3v) is 4.63. The Labute approximate surface area is 118 Å². The van der Waals surface area contributed by atoms with E-state index in [2.05, 4.69) is 0 Å². The molecule has 0 saturated heterocycles. The van der Waals surface area contributed by atoms with Crippen molar-refractivity contribution in [3.05, 3.63) is 28.3 Å². The molecule has 112 valence electrons. The molecule has 1 rings (SSSR count). The number of benzene rings is 1. The highest BCUT2D eigenvalue weighted by Gasteiger charge is 2.29. The molecule has 0 heterocycles. The molecule has 0 aromatic heterocycles. The van der Waals surface area contributed by atoms with E-state index in [4.69, 9.17) is 5.73 Å². The molecular formula is C11H18N4O4S. The van der Waals surface area contributed by atoms with Crippen LogP contribution in [0.1, 0.15) is 0 Å². The average molecular weight is 302 g/mol. The van der Waals surface area contributed by atoms with Gasteiger partial charge in [0.15, 0.2) is 4.90 Å². The van der Waals surface area contributed by atoms with E-state index < -0.39 is 20.6 Å². The molecule has 0 aliphatic carbocycles. The van der Waals surface area contributed by atoms with Crippen LogP contribution in [-0.2, 0) is 10.0 Å². The Hall–Kier alpha value is -1.71. The van der Waals surface area contributed by atoms with E-state index in [-0.39, 0.29) is 17.1 Å². The van der Waals surface area contributed by atoms with Crippen molar-refractivity contribution in [2.75, 3.05) is 40.0 Å². The second kappa shape index (κ2) is 6.16. The van der Waals surface area contributed by atoms with Crippen LogP contribution >= 0.6 is 0 Å². The Morgan fingerprint density at radius 2 is 1.85 bits per heavy atom. The minimum atomic E-state index is -3.92. The van der Waals surface area contributed by atoms with Crippen LogP contribution in [0.4, 0.5) is 11.4 Å². The van der Waals surface area contributed by atoms with Gasteiger partial charge in [-0.15, -0.1) is 0 Å². The lowest BCUT2D eigenvalue weighted by Crippen LogP contribution is -2.33. The lowest BCUT2D eigenvalue weighted by molar-refractivity contribution is -0.387. The predicted molar refractivity (Wildman–Crippen MR) is 75.9 cm³/mol. The van der Waals surface area contributed by atoms with Gasteiger partial charge in [-0.05, 0) is 26.2 Å². The Kier molecular flexibility index (Phi) is 5.03. The first kappa shape index (κ1) is 16.3. The van der Waals surface area contributed by atoms with E-state index in [1.165, 1.54) is 13.1 Å². The first-order chi connectivity index (χ1) is 9.16. The summed E-state index contributed by atoms with van der Waals surface area (Å²) in [5.74, 6) is 0. The molecule has 0 saturated carbocycles. The molecule has 0 radical (unpaired) electrons. The number of hydrogen-bond acceptors (Lipinski definition) is 6. The summed E-state index contributed by atoms with van der Waals surface area (Å²) < 4.78 is 25.8. The zero-order chi connectivity index (χ0) is 15.5. The Morgan fingerprint density at radius 1 is 1.25 bits per heavy atom. The summed E-state index contributed by atoms with van der Waals surface area (Å²) in [5, 5.41) is 11.0. The lowest BCUT2D eigenvalue weighted by Gasteiger charge is -2.19. The smallest absolute Gasteiger partial charge is 0.291 e. The number of nitrogen functional groups attached to an aromatic ring is 1. The predicted octanol–water partition coefficient (Wildman–Crippen LogP) is 0.359. The summed E-state index contributed by atoms with van der Waals surface area (Å²) in [6.07, 6.45) is 0. The van der Waals surface area contributed by atoms with E-state index in [1.54, 1.807) is 0 Å². The molecule has 0 aliphatic rings. The molecule has 9 heteroatoms. The highest BCUT2D eigenvalue weighted by atomic mass is 32.2. The fourth-order valence-corrected chi connectivity index (χ4v) is 2.82. The van der Waals surface area contributed by atoms with Crippen LogP contribution in [0, 0.1) is 10.1 Å². The Bertz CT molecular complexity index is 600. The third kappa shape index (κ3) is 3.65. The van der Waals surface area contributed by atoms with E-state index in [0.29, 0.717) is 6.54 Å². The molecule has 0 bridgehead atoms. The fraction of sp³-hybridized carbons (Fsp3) is 0.455. The lowest BCUT2D eigenvalue weighted by atomic mass is 10.3. The zero-order valence-corrected chi connectivity index (χ0v) is 12.4. The largest absolute Gasteiger partial charge is 0.399 e. The van der Waals surface area contributed by atoms with E-state index >= 15 is 0 Å². The molecule has 0 unspecified atom stereocenters. The van der Waals surface area contributed by atoms with Gasteiger partial charge < -0.3 is 10.6 Å². The van der Waals surface area contributed by atoms with Gasteiger partial charge in [0.2, 0.25) is 10.0 Å². The third-order valence-electron chi connectivity index (χ3n) is 2.73. The number of sulfonamides is 1. The number of nitro groups is 1. The topological polar surface area (TPSA) is 110 Å². The summed E-state index contributed by atoms with van der Waals surface area (Å²) in [5.41, 5.74) is 5.10. The quantitative estimate of drug-likeness (QED) is 0.461. The summed E-state index contributed by atoms with van der Waals surface area (Å²) in [7, 11) is 1.09. The molecule has 0 amide bonds. The van der Waals surface area contributed by atoms with Crippen molar-refractivity contribution in [3.8, 4) is 0 Å². The van der Waals surface area contributed by atoms with Gasteiger partial charge in [0.05, 0.1) is 4.92 Å². The van der Waals surface area contributed by atoms with Gasteiger partial charge in [0.1, 0.15) is 0 Å². The summed E-state index contributed by atoms with van der Waals surface area (Å²) in [6, 6.07) is 3.54. The highest BCUT2D eigenvalue weighted by Crippen LogP contribution is 2.27. The fourth-order valence-electron chi connectivity index (χ4n) is 1.52. The monoisotopic (exact) mass is 302 g/mol. The number of likely N-dealkylation sites (N-methyl/N-ethyl adjacent to an activating group) is 2. The second-order valence-corrected chi connectivity index (χ2v) is 6.63. The van der Waals surface area contributed by atoms with Crippen molar-refractivity contribution in [1.82, 2.24) is 9.21 Å². The molecule has 1 aromatic carbocycles. The molecule has 8 nitrogen and oxygen atoms in total. The van der Waals surface area contributed by atoms with E-state index in [1.807, 2.05) is 19.0 Å². The van der Waals surface area contributed by atoms with Gasteiger partial charge in [-0.1, -0.05) is 0 Å². The zero-order valence-electron chi connectivity index (χ0n) is 11.6. The molecule has 0 fully saturated rings. The van der Waals surface area contributed by atoms with Crippen molar-refractivity contribution in [2.45, 2.75) is 4.90 Å². The van der Waals surface area contributed by atoms with Gasteiger partial charge in [0, 0.05) is 31.9 Å². The van der Waals surface area contributed by atoms with Crippen LogP contribution in [-0.4, -0.2) is 56.8 Å². The van der Waals surface area contributed by atoms with Crippen LogP contribution in [0.5, 0.6) is 0 Å². The van der Waals surface area contributed by atoms with Crippen molar-refractivity contribution < 1.29 is 13.3 Å². The van der Waals surface area contributed by atoms with Gasteiger partial charge in [0.25, 0.3) is 5.69 Å². The van der Waals surface area contributed by atoms with Crippen LogP contribution in [0.3, 0.4) is 0 Å². The Morgan fingerprint density at radius 3 is 2.35 bits per heavy atom. The molecular weight excluding hydrogens is 284 g/mol. The van der Waals surface area contributed by atoms with Gasteiger partial charge in [-0.3, -0.25) is 10.1 Å². The number of nitrogens with two attached hydrogens (primary N) is 1. The van der Waals surface area contributed by atoms with Crippen molar-refractivity contribution in [1.29, 1.82) is 0 Å². The average Bonchev–Trinajstić information content (AvgIpc) is 2.35. The van der Waals surface area contributed by atoms with Gasteiger partial charge in [-0.25, -0.2) is 8.42 Å². The number of rotatable bonds is 6. The minimum Gasteiger partial charge on any atom is -0.399 e. The van der Waals surface area contributed by atoms with Crippen LogP contribution in [0.25, 0.3) is 0 Å². The minimum absolute atomic E-state index is 0.145. The van der Waals surface area contributed by atoms with Crippen molar-refractivity contribution in [3.63, 3.8) is 0 Å². The molecule has 2 N–H and O–H groups in total. The van der Waals surface area contributed by atoms with Crippen molar-refractivity contribution >= 4 is 21.4 Å². The molecule has 0 atom stereocenters. The van der Waals surface area contributed by atoms with Gasteiger partial charge >= 0.3 is 0 Å². The van der Waals surface area contributed by atoms with E-state index in [0.717, 1.165) is 16.4 Å². The van der Waals surface area contributed by atoms with Crippen LogP contribution in [0.2, 0.25) is 0 Å². The molecule has 0 spiro atoms. The summed E-state index contributed by atoms with van der Waals surface area (Å²) in [6.45, 7) is 0.745. The van der Waals surface area contributed by atoms with Crippen molar-refractivity contribution in [2.24, 2.45) is 0 Å². The maximum absolute atomic E-state index is 12.3. The maximum Gasteiger partial charge on any atom is 0.291 e. The van der Waals surface area contributed by atoms with Crippen LogP contribution in [0.15, 0.2) is 23.1 Å². The summed E-state index contributed by atoms with van der Waals surface area (Å²) in [4.78, 5) is 11.7. The number of nitrogens with zero attached hydrogens (tertiary/aromatic N) is 3. The number of anilines is 1. The standard InChI is InChI=1S/C11H18N4O4S/c1-13(2)6-7-14(3)20(18,19)11-5-4-9(12)8-10(11)15(16)17/h4-5,8H,6-7,12H2,1-3H3. The Balaban J connectivity index is 3.18. The normalized spacial score (nSPS) is 12.1. The molecule has 0 aliphatic heterocycles. The van der Waals surface area contributed by atoms with E-state index in [9.17, 15) is 18.5 Å². The molecule has 1 aromatic rings. The number of hydrogen-bond donors (Lipinski definition) is 1. The summed E-state index contributed by atoms with van der Waals surface area (Å²) >= 11 is 0. The maximum atomic E-state index is 12.3. The second-order valence-electron chi connectivity index (χ2n) is 4.61. The van der Waals surface area contributed by atoms with Gasteiger partial charge in [-0.2, -0.15) is 4.31 Å². The molecule has 20 heavy (non-hydrogen) atoms. The van der Waals surface area contributed by atoms with Crippen LogP contribution < -0.4 is 5.73 Å². The first-order valence-corrected chi connectivity index (χ1v) is 7.25. The highest BCUT2D eigenvalue weighted by molar-refractivity contribution is 7.89. The SMILES string of the molecule is CN(C)CCN(C)S(=O)(=O)c1ccc(N)cc1[N+](=O)[O-]. The number of nitro benzene ring substituents is 1. The first-order valence-electron chi connectivity index (χ1n) is 5.81.